The van der Waals surface area contributed by atoms with Crippen LogP contribution in [0.1, 0.15) is 6.23 Å². The van der Waals surface area contributed by atoms with Gasteiger partial charge in [-0.05, 0) is 11.8 Å². The summed E-state index contributed by atoms with van der Waals surface area (Å²) in [6, 6.07) is 0.848. The minimum Gasteiger partial charge on any atom is -0.380 e. The summed E-state index contributed by atoms with van der Waals surface area (Å²) < 4.78 is 55.0. The number of ether oxygens (including phenoxy) is 1. The predicted molar refractivity (Wildman–Crippen MR) is 95.3 cm³/mol. The number of alkyl halides is 2. The zero-order valence-corrected chi connectivity index (χ0v) is 18.1. The third-order valence-electron chi connectivity index (χ3n) is 3.92. The maximum Gasteiger partial charge on any atom is 0.488 e. The molecule has 0 bridgehead atoms. The fraction of sp³-hybridized carbons (Fsp3) is 0.556. The molecule has 6 N–H and O–H groups in total. The van der Waals surface area contributed by atoms with E-state index in [1.54, 1.807) is 0 Å². The van der Waals surface area contributed by atoms with E-state index in [4.69, 9.17) is 26.1 Å². The molecule has 1 aromatic heterocycles. The van der Waals surface area contributed by atoms with Crippen molar-refractivity contribution in [2.24, 2.45) is 0 Å². The van der Waals surface area contributed by atoms with Crippen LogP contribution >= 0.6 is 34.0 Å². The maximum absolute atomic E-state index is 15.1. The molecule has 0 spiro atoms. The van der Waals surface area contributed by atoms with E-state index in [-0.39, 0.29) is 0 Å². The van der Waals surface area contributed by atoms with Crippen LogP contribution in [0.2, 0.25) is 0 Å². The topological polar surface area (TPSA) is 227 Å². The first-order valence-electron chi connectivity index (χ1n) is 7.29. The van der Waals surface area contributed by atoms with Crippen LogP contribution in [0.25, 0.3) is 0 Å². The van der Waals surface area contributed by atoms with Crippen molar-refractivity contribution in [1.29, 1.82) is 0 Å². The second-order valence-corrected chi connectivity index (χ2v) is 12.3. The molecular formula is C9H11ClFN2O13P3S. The van der Waals surface area contributed by atoms with Gasteiger partial charge in [-0.2, -0.15) is 4.31 Å². The molecule has 0 aromatic carbocycles. The van der Waals surface area contributed by atoms with Crippen LogP contribution in [0.15, 0.2) is 21.9 Å². The summed E-state index contributed by atoms with van der Waals surface area (Å²) in [5.41, 5.74) is -4.67. The molecule has 15 nitrogen and oxygen atoms in total. The first kappa shape index (κ1) is 24.3. The molecule has 2 aliphatic rings. The van der Waals surface area contributed by atoms with Crippen molar-refractivity contribution in [3.8, 4) is 0 Å². The number of nitrogens with zero attached hydrogens (tertiary/aromatic N) is 1. The highest BCUT2D eigenvalue weighted by atomic mass is 35.5. The summed E-state index contributed by atoms with van der Waals surface area (Å²) >= 11 is 10.1. The lowest BCUT2D eigenvalue weighted by molar-refractivity contribution is -0.0815. The largest absolute Gasteiger partial charge is 0.488 e. The van der Waals surface area contributed by atoms with Crippen LogP contribution in [-0.2, 0) is 38.8 Å². The lowest BCUT2D eigenvalue weighted by atomic mass is 10.1. The average Bonchev–Trinajstić information content (AvgIpc) is 2.97. The summed E-state index contributed by atoms with van der Waals surface area (Å²) in [7, 11) is -11.2. The first-order chi connectivity index (χ1) is 13.4. The molecule has 1 aromatic rings. The highest BCUT2D eigenvalue weighted by Gasteiger charge is 2.86. The Bertz CT molecular complexity index is 1140. The van der Waals surface area contributed by atoms with Gasteiger partial charge in [0.05, 0.1) is 0 Å². The molecular weight excluding hydrogens is 524 g/mol. The van der Waals surface area contributed by atoms with Gasteiger partial charge >= 0.3 is 28.1 Å². The molecule has 21 heteroatoms. The Morgan fingerprint density at radius 2 is 1.87 bits per heavy atom. The number of H-pyrrole nitrogens is 1. The van der Waals surface area contributed by atoms with Crippen molar-refractivity contribution in [2.75, 3.05) is 0 Å². The SMILES string of the molecule is O=c1ccn([C@@H]2O[C@@H]3C(OP(O)(=S)OP(=O)(O)OP(=O)(O)O)[C@]3(O)[C@]2(F)Cl)c(=O)[nH]1. The molecule has 3 unspecified atom stereocenters. The van der Waals surface area contributed by atoms with E-state index in [0.717, 1.165) is 12.3 Å². The van der Waals surface area contributed by atoms with Crippen LogP contribution in [-0.4, -0.2) is 57.2 Å². The number of rotatable bonds is 7. The summed E-state index contributed by atoms with van der Waals surface area (Å²) in [6.07, 6.45) is -4.66. The van der Waals surface area contributed by atoms with Crippen LogP contribution in [0, 0.1) is 0 Å². The fourth-order valence-corrected chi connectivity index (χ4v) is 7.35. The number of hydrogen-bond acceptors (Lipinski definition) is 10. The Morgan fingerprint density at radius 3 is 2.33 bits per heavy atom. The summed E-state index contributed by atoms with van der Waals surface area (Å²) in [5.74, 6) is 0. The minimum absolute atomic E-state index is 0.525. The highest BCUT2D eigenvalue weighted by molar-refractivity contribution is 8.08. The smallest absolute Gasteiger partial charge is 0.380 e. The Kier molecular flexibility index (Phi) is 5.94. The van der Waals surface area contributed by atoms with Crippen molar-refractivity contribution in [1.82, 2.24) is 9.55 Å². The number of aromatic amines is 1. The lowest BCUT2D eigenvalue weighted by Crippen LogP contribution is -2.46. The van der Waals surface area contributed by atoms with Gasteiger partial charge in [-0.1, -0.05) is 11.6 Å². The van der Waals surface area contributed by atoms with Crippen LogP contribution in [0.4, 0.5) is 4.39 Å². The van der Waals surface area contributed by atoms with Gasteiger partial charge in [-0.15, -0.1) is 0 Å². The van der Waals surface area contributed by atoms with Crippen LogP contribution in [0.3, 0.4) is 0 Å². The fourth-order valence-electron chi connectivity index (χ4n) is 2.72. The van der Waals surface area contributed by atoms with Crippen LogP contribution < -0.4 is 11.2 Å². The number of fused-ring (bicyclic) bond motifs is 1. The average molecular weight is 535 g/mol. The molecule has 2 fully saturated rings. The molecule has 7 atom stereocenters. The van der Waals surface area contributed by atoms with Gasteiger partial charge in [-0.3, -0.25) is 18.9 Å². The number of nitrogens with one attached hydrogen (secondary N) is 1. The van der Waals surface area contributed by atoms with Crippen molar-refractivity contribution in [3.63, 3.8) is 0 Å². The number of phosphoric acid groups is 2. The molecule has 1 saturated heterocycles. The van der Waals surface area contributed by atoms with Crippen molar-refractivity contribution in [2.45, 2.75) is 29.2 Å². The van der Waals surface area contributed by atoms with Gasteiger partial charge in [0.2, 0.25) is 0 Å². The van der Waals surface area contributed by atoms with Gasteiger partial charge in [-0.25, -0.2) is 22.6 Å². The lowest BCUT2D eigenvalue weighted by Gasteiger charge is -2.29. The summed E-state index contributed by atoms with van der Waals surface area (Å²) in [4.78, 5) is 60.8. The van der Waals surface area contributed by atoms with E-state index in [1.807, 2.05) is 4.98 Å². The Hall–Kier alpha value is -0.350. The summed E-state index contributed by atoms with van der Waals surface area (Å²) in [5, 5.41) is 7.17. The zero-order valence-electron chi connectivity index (χ0n) is 13.8. The quantitative estimate of drug-likeness (QED) is 0.180. The minimum atomic E-state index is -5.64. The first-order valence-corrected chi connectivity index (χ1v) is 13.3. The van der Waals surface area contributed by atoms with E-state index in [1.165, 1.54) is 0 Å². The van der Waals surface area contributed by atoms with Crippen molar-refractivity contribution < 1.29 is 56.1 Å². The number of aliphatic hydroxyl groups is 1. The third kappa shape index (κ3) is 4.42. The second kappa shape index (κ2) is 7.33. The molecule has 1 saturated carbocycles. The highest BCUT2D eigenvalue weighted by Crippen LogP contribution is 2.71. The van der Waals surface area contributed by atoms with E-state index in [9.17, 15) is 33.6 Å². The van der Waals surface area contributed by atoms with Gasteiger partial charge < -0.3 is 29.4 Å². The molecule has 2 heterocycles. The molecule has 0 amide bonds. The Labute approximate surface area is 174 Å². The van der Waals surface area contributed by atoms with E-state index >= 15 is 4.39 Å². The van der Waals surface area contributed by atoms with Crippen molar-refractivity contribution in [3.05, 3.63) is 33.1 Å². The molecule has 0 radical (unpaired) electrons. The monoisotopic (exact) mass is 534 g/mol. The number of halogens is 2. The molecule has 1 aliphatic heterocycles. The maximum atomic E-state index is 15.1. The zero-order chi connectivity index (χ0) is 22.9. The van der Waals surface area contributed by atoms with Crippen LogP contribution in [0.5, 0.6) is 0 Å². The van der Waals surface area contributed by atoms with Gasteiger partial charge in [0.1, 0.15) is 12.2 Å². The van der Waals surface area contributed by atoms with Gasteiger partial charge in [0.15, 0.2) is 11.8 Å². The van der Waals surface area contributed by atoms with Gasteiger partial charge in [0, 0.05) is 12.3 Å². The van der Waals surface area contributed by atoms with Crippen molar-refractivity contribution >= 4 is 45.8 Å². The Balaban J connectivity index is 1.77. The van der Waals surface area contributed by atoms with Gasteiger partial charge in [0.25, 0.3) is 10.7 Å². The molecule has 30 heavy (non-hydrogen) atoms. The molecule has 170 valence electrons. The molecule has 3 rings (SSSR count). The van der Waals surface area contributed by atoms with E-state index in [0.29, 0.717) is 4.57 Å². The third-order valence-corrected chi connectivity index (χ3v) is 9.09. The van der Waals surface area contributed by atoms with E-state index in [2.05, 4.69) is 25.0 Å². The number of aromatic nitrogens is 2. The normalized spacial score (nSPS) is 37.2. The second-order valence-electron chi connectivity index (χ2n) is 5.99. The number of hydrogen-bond donors (Lipinski definition) is 6. The molecule has 1 aliphatic carbocycles. The predicted octanol–water partition coefficient (Wildman–Crippen LogP) is -1.09. The standard InChI is InChI=1S/C9H11ClFN2O13P3S/c10-9(11)6(13-2-1-3(14)12-7(13)15)23-4-5(8(4,9)16)24-29(22,30)26-28(20,21)25-27(17,18)19/h1-2,4-6,16H,(H,20,21)(H,22,30)(H,12,14,15)(H2,17,18,19)/t4-,5?,6-,8+,9+,29?/m1/s1. The summed E-state index contributed by atoms with van der Waals surface area (Å²) in [6.45, 7) is -4.88. The Morgan fingerprint density at radius 1 is 1.27 bits per heavy atom. The van der Waals surface area contributed by atoms with E-state index < -0.39 is 62.8 Å².